The van der Waals surface area contributed by atoms with Gasteiger partial charge in [0.15, 0.2) is 6.61 Å². The molecule has 6 heteroatoms. The van der Waals surface area contributed by atoms with E-state index >= 15 is 0 Å². The maximum absolute atomic E-state index is 5.69. The molecule has 0 fully saturated rings. The van der Waals surface area contributed by atoms with E-state index in [1.165, 1.54) is 0 Å². The number of hydrogen-bond acceptors (Lipinski definition) is 6. The van der Waals surface area contributed by atoms with E-state index in [0.717, 1.165) is 39.3 Å². The minimum Gasteiger partial charge on any atom is -0.497 e. The number of methoxy groups -OCH3 is 1. The number of oxime groups is 1. The smallest absolute Gasteiger partial charge is 0.257 e. The van der Waals surface area contributed by atoms with E-state index in [-0.39, 0.29) is 6.61 Å². The number of ether oxygens (including phenoxy) is 1. The van der Waals surface area contributed by atoms with Gasteiger partial charge in [-0.1, -0.05) is 53.7 Å². The molecule has 0 unspecified atom stereocenters. The average Bonchev–Trinajstić information content (AvgIpc) is 3.38. The molecule has 1 aliphatic rings. The highest BCUT2D eigenvalue weighted by Crippen LogP contribution is 2.36. The van der Waals surface area contributed by atoms with Gasteiger partial charge in [0, 0.05) is 16.7 Å². The van der Waals surface area contributed by atoms with Gasteiger partial charge in [0.25, 0.3) is 5.89 Å². The number of nitrogens with zero attached hydrogens (tertiary/aromatic N) is 3. The Labute approximate surface area is 167 Å². The minimum atomic E-state index is 0.0942. The number of hydrogen-bond donors (Lipinski definition) is 0. The van der Waals surface area contributed by atoms with Crippen molar-refractivity contribution in [2.24, 2.45) is 5.16 Å². The maximum Gasteiger partial charge on any atom is 0.257 e. The topological polar surface area (TPSA) is 69.7 Å². The van der Waals surface area contributed by atoms with Crippen molar-refractivity contribution in [3.05, 3.63) is 89.8 Å². The molecule has 1 aliphatic carbocycles. The summed E-state index contributed by atoms with van der Waals surface area (Å²) in [6.45, 7) is 0.0942. The lowest BCUT2D eigenvalue weighted by Crippen LogP contribution is -2.00. The molecule has 1 aromatic heterocycles. The van der Waals surface area contributed by atoms with Crippen LogP contribution in [-0.2, 0) is 11.4 Å². The van der Waals surface area contributed by atoms with Crippen LogP contribution in [0.15, 0.2) is 82.4 Å². The van der Waals surface area contributed by atoms with Crippen molar-refractivity contribution in [1.29, 1.82) is 0 Å². The van der Waals surface area contributed by atoms with Gasteiger partial charge in [0.05, 0.1) is 7.11 Å². The van der Waals surface area contributed by atoms with Gasteiger partial charge in [-0.05, 0) is 35.4 Å². The van der Waals surface area contributed by atoms with E-state index < -0.39 is 0 Å². The van der Waals surface area contributed by atoms with Crippen LogP contribution < -0.4 is 4.74 Å². The highest BCUT2D eigenvalue weighted by Gasteiger charge is 2.24. The van der Waals surface area contributed by atoms with E-state index in [0.29, 0.717) is 11.8 Å². The first-order valence-electron chi connectivity index (χ1n) is 9.19. The molecule has 0 atom stereocenters. The SMILES string of the molecule is COc1ccc(-c2nnc(CON=C3c4ccccc4-c4ccccc43)o2)cc1. The second-order valence-corrected chi connectivity index (χ2v) is 6.53. The van der Waals surface area contributed by atoms with E-state index in [9.17, 15) is 0 Å². The molecule has 0 aliphatic heterocycles. The molecular formula is C23H17N3O3. The Balaban J connectivity index is 1.35. The molecular weight excluding hydrogens is 366 g/mol. The molecule has 0 N–H and O–H groups in total. The first-order valence-corrected chi connectivity index (χ1v) is 9.19. The first-order chi connectivity index (χ1) is 14.3. The molecule has 0 bridgehead atoms. The zero-order valence-corrected chi connectivity index (χ0v) is 15.7. The van der Waals surface area contributed by atoms with Crippen molar-refractivity contribution in [3.63, 3.8) is 0 Å². The summed E-state index contributed by atoms with van der Waals surface area (Å²) in [4.78, 5) is 5.57. The van der Waals surface area contributed by atoms with Crippen LogP contribution in [0.4, 0.5) is 0 Å². The summed E-state index contributed by atoms with van der Waals surface area (Å²) in [6.07, 6.45) is 0. The normalized spacial score (nSPS) is 11.7. The van der Waals surface area contributed by atoms with Crippen molar-refractivity contribution in [2.75, 3.05) is 7.11 Å². The molecule has 0 saturated heterocycles. The number of rotatable bonds is 5. The summed E-state index contributed by atoms with van der Waals surface area (Å²) in [7, 11) is 1.62. The van der Waals surface area contributed by atoms with Crippen LogP contribution in [0.25, 0.3) is 22.6 Å². The monoisotopic (exact) mass is 383 g/mol. The van der Waals surface area contributed by atoms with Gasteiger partial charge in [0.1, 0.15) is 11.5 Å². The molecule has 6 nitrogen and oxygen atoms in total. The third kappa shape index (κ3) is 3.14. The van der Waals surface area contributed by atoms with E-state index in [2.05, 4.69) is 27.5 Å². The molecule has 0 spiro atoms. The number of fused-ring (bicyclic) bond motifs is 3. The summed E-state index contributed by atoms with van der Waals surface area (Å²) in [5, 5.41) is 12.5. The fraction of sp³-hybridized carbons (Fsp3) is 0.0870. The molecule has 142 valence electrons. The summed E-state index contributed by atoms with van der Waals surface area (Å²) in [6, 6.07) is 23.8. The van der Waals surface area contributed by atoms with E-state index in [1.807, 2.05) is 60.7 Å². The van der Waals surface area contributed by atoms with Gasteiger partial charge in [0.2, 0.25) is 5.89 Å². The molecule has 0 radical (unpaired) electrons. The van der Waals surface area contributed by atoms with Crippen LogP contribution >= 0.6 is 0 Å². The summed E-state index contributed by atoms with van der Waals surface area (Å²) >= 11 is 0. The minimum absolute atomic E-state index is 0.0942. The Morgan fingerprint density at radius 3 is 2.03 bits per heavy atom. The largest absolute Gasteiger partial charge is 0.497 e. The number of aromatic nitrogens is 2. The van der Waals surface area contributed by atoms with Gasteiger partial charge in [-0.15, -0.1) is 10.2 Å². The molecule has 29 heavy (non-hydrogen) atoms. The Kier molecular flexibility index (Phi) is 4.29. The number of benzene rings is 3. The maximum atomic E-state index is 5.69. The van der Waals surface area contributed by atoms with Crippen molar-refractivity contribution >= 4 is 5.71 Å². The quantitative estimate of drug-likeness (QED) is 0.412. The molecule has 1 heterocycles. The van der Waals surface area contributed by atoms with Gasteiger partial charge in [-0.3, -0.25) is 0 Å². The standard InChI is InChI=1S/C23H17N3O3/c1-27-16-12-10-15(11-13-16)23-25-24-21(29-23)14-28-26-22-19-8-4-2-6-17(19)18-7-3-5-9-20(18)22/h2-13H,14H2,1H3. The third-order valence-corrected chi connectivity index (χ3v) is 4.80. The predicted octanol–water partition coefficient (Wildman–Crippen LogP) is 4.69. The van der Waals surface area contributed by atoms with Crippen molar-refractivity contribution < 1.29 is 14.0 Å². The molecule has 0 amide bonds. The summed E-state index contributed by atoms with van der Waals surface area (Å²) in [5.74, 6) is 1.56. The predicted molar refractivity (Wildman–Crippen MR) is 109 cm³/mol. The fourth-order valence-corrected chi connectivity index (χ4v) is 3.41. The van der Waals surface area contributed by atoms with Gasteiger partial charge in [-0.25, -0.2) is 0 Å². The van der Waals surface area contributed by atoms with Crippen LogP contribution in [0.5, 0.6) is 5.75 Å². The van der Waals surface area contributed by atoms with Crippen LogP contribution in [0.2, 0.25) is 0 Å². The Hall–Kier alpha value is -3.93. The lowest BCUT2D eigenvalue weighted by Gasteiger charge is -2.01. The van der Waals surface area contributed by atoms with Gasteiger partial charge >= 0.3 is 0 Å². The van der Waals surface area contributed by atoms with E-state index in [4.69, 9.17) is 14.0 Å². The summed E-state index contributed by atoms with van der Waals surface area (Å²) < 4.78 is 10.9. The molecule has 4 aromatic rings. The van der Waals surface area contributed by atoms with Crippen molar-refractivity contribution in [3.8, 4) is 28.3 Å². The lowest BCUT2D eigenvalue weighted by molar-refractivity contribution is 0.111. The van der Waals surface area contributed by atoms with Gasteiger partial charge < -0.3 is 14.0 Å². The van der Waals surface area contributed by atoms with Crippen LogP contribution in [0, 0.1) is 0 Å². The first kappa shape index (κ1) is 17.2. The highest BCUT2D eigenvalue weighted by atomic mass is 16.6. The zero-order chi connectivity index (χ0) is 19.6. The Morgan fingerprint density at radius 2 is 1.41 bits per heavy atom. The summed E-state index contributed by atoms with van der Waals surface area (Å²) in [5.41, 5.74) is 6.05. The van der Waals surface area contributed by atoms with Crippen LogP contribution in [-0.4, -0.2) is 23.0 Å². The second kappa shape index (κ2) is 7.24. The lowest BCUT2D eigenvalue weighted by atomic mass is 10.1. The van der Waals surface area contributed by atoms with E-state index in [1.54, 1.807) is 7.11 Å². The van der Waals surface area contributed by atoms with Gasteiger partial charge in [-0.2, -0.15) is 0 Å². The molecule has 3 aromatic carbocycles. The average molecular weight is 383 g/mol. The fourth-order valence-electron chi connectivity index (χ4n) is 3.41. The Morgan fingerprint density at radius 1 is 0.793 bits per heavy atom. The molecule has 5 rings (SSSR count). The van der Waals surface area contributed by atoms with Crippen LogP contribution in [0.3, 0.4) is 0 Å². The Bertz CT molecular complexity index is 1150. The third-order valence-electron chi connectivity index (χ3n) is 4.80. The van der Waals surface area contributed by atoms with Crippen molar-refractivity contribution in [2.45, 2.75) is 6.61 Å². The van der Waals surface area contributed by atoms with Crippen LogP contribution in [0.1, 0.15) is 17.0 Å². The molecule has 0 saturated carbocycles. The second-order valence-electron chi connectivity index (χ2n) is 6.53. The van der Waals surface area contributed by atoms with Crippen molar-refractivity contribution in [1.82, 2.24) is 10.2 Å². The zero-order valence-electron chi connectivity index (χ0n) is 15.7. The highest BCUT2D eigenvalue weighted by molar-refractivity contribution is 6.24.